The molecule has 0 amide bonds. The molecule has 0 saturated heterocycles. The van der Waals surface area contributed by atoms with Crippen molar-refractivity contribution < 1.29 is 17.6 Å². The largest absolute Gasteiger partial charge is 0.323 e. The first kappa shape index (κ1) is 20.1. The van der Waals surface area contributed by atoms with Crippen LogP contribution in [0.4, 0.5) is 0 Å². The lowest BCUT2D eigenvalue weighted by molar-refractivity contribution is -0.202. The summed E-state index contributed by atoms with van der Waals surface area (Å²) in [5.41, 5.74) is 0. The van der Waals surface area contributed by atoms with Crippen molar-refractivity contribution in [1.29, 1.82) is 0 Å². The summed E-state index contributed by atoms with van der Waals surface area (Å²) in [6.07, 6.45) is 12.3. The van der Waals surface area contributed by atoms with Crippen LogP contribution in [0.3, 0.4) is 0 Å². The van der Waals surface area contributed by atoms with E-state index < -0.39 is 10.1 Å². The van der Waals surface area contributed by atoms with Gasteiger partial charge in [-0.3, -0.25) is 0 Å². The second-order valence-electron chi connectivity index (χ2n) is 5.84. The van der Waals surface area contributed by atoms with Crippen LogP contribution in [0.25, 0.3) is 0 Å². The van der Waals surface area contributed by atoms with Gasteiger partial charge in [-0.1, -0.05) is 82.9 Å². The van der Waals surface area contributed by atoms with E-state index in [0.29, 0.717) is 6.61 Å². The molecule has 0 bridgehead atoms. The molecule has 0 saturated carbocycles. The molecule has 0 radical (unpaired) electrons. The third-order valence-corrected chi connectivity index (χ3v) is 4.88. The number of benzene rings is 1. The van der Waals surface area contributed by atoms with Crippen molar-refractivity contribution in [3.8, 4) is 0 Å². The van der Waals surface area contributed by atoms with E-state index in [4.69, 9.17) is 4.89 Å². The minimum atomic E-state index is -3.80. The van der Waals surface area contributed by atoms with Crippen molar-refractivity contribution in [1.82, 2.24) is 0 Å². The van der Waals surface area contributed by atoms with Gasteiger partial charge >= 0.3 is 10.1 Å². The fourth-order valence-electron chi connectivity index (χ4n) is 2.37. The van der Waals surface area contributed by atoms with Gasteiger partial charge in [0.2, 0.25) is 0 Å². The van der Waals surface area contributed by atoms with Gasteiger partial charge in [0.1, 0.15) is 0 Å². The second kappa shape index (κ2) is 12.5. The van der Waals surface area contributed by atoms with Crippen LogP contribution >= 0.6 is 0 Å². The van der Waals surface area contributed by atoms with Crippen LogP contribution in [0, 0.1) is 0 Å². The van der Waals surface area contributed by atoms with Crippen molar-refractivity contribution >= 4 is 10.1 Å². The van der Waals surface area contributed by atoms with E-state index in [1.165, 1.54) is 63.5 Å². The van der Waals surface area contributed by atoms with Gasteiger partial charge in [0, 0.05) is 0 Å². The molecule has 132 valence electrons. The molecule has 0 heterocycles. The molecule has 4 nitrogen and oxygen atoms in total. The SMILES string of the molecule is CCCCCCCCCCCCOOS(=O)(=O)c1ccccc1. The van der Waals surface area contributed by atoms with Crippen molar-refractivity contribution in [2.45, 2.75) is 76.0 Å². The highest BCUT2D eigenvalue weighted by Gasteiger charge is 2.15. The predicted octanol–water partition coefficient (Wildman–Crippen LogP) is 5.24. The molecule has 0 aromatic heterocycles. The lowest BCUT2D eigenvalue weighted by Crippen LogP contribution is -2.08. The number of rotatable bonds is 14. The Morgan fingerprint density at radius 1 is 0.783 bits per heavy atom. The zero-order valence-corrected chi connectivity index (χ0v) is 15.0. The Balaban J connectivity index is 1.96. The van der Waals surface area contributed by atoms with E-state index in [1.807, 2.05) is 0 Å². The standard InChI is InChI=1S/C18H30O4S/c1-2-3-4-5-6-7-8-9-10-14-17-21-22-23(19,20)18-15-12-11-13-16-18/h11-13,15-16H,2-10,14,17H2,1H3. The molecule has 0 fully saturated rings. The zero-order chi connectivity index (χ0) is 16.8. The molecular formula is C18H30O4S. The van der Waals surface area contributed by atoms with Gasteiger partial charge in [0.15, 0.2) is 0 Å². The fraction of sp³-hybridized carbons (Fsp3) is 0.667. The smallest absolute Gasteiger partial charge is 0.220 e. The Kier molecular flexibility index (Phi) is 10.9. The summed E-state index contributed by atoms with van der Waals surface area (Å²) in [5.74, 6) is 0. The van der Waals surface area contributed by atoms with Crippen LogP contribution in [-0.2, 0) is 19.3 Å². The minimum Gasteiger partial charge on any atom is -0.220 e. The Bertz CT molecular complexity index is 485. The summed E-state index contributed by atoms with van der Waals surface area (Å²) in [7, 11) is -3.80. The van der Waals surface area contributed by atoms with Gasteiger partial charge in [0.05, 0.1) is 11.5 Å². The third-order valence-electron chi connectivity index (χ3n) is 3.75. The maximum Gasteiger partial charge on any atom is 0.323 e. The summed E-state index contributed by atoms with van der Waals surface area (Å²) in [5, 5.41) is 0. The van der Waals surface area contributed by atoms with Gasteiger partial charge in [-0.25, -0.2) is 4.89 Å². The number of unbranched alkanes of at least 4 members (excludes halogenated alkanes) is 9. The zero-order valence-electron chi connectivity index (χ0n) is 14.2. The topological polar surface area (TPSA) is 52.6 Å². The van der Waals surface area contributed by atoms with Crippen LogP contribution < -0.4 is 0 Å². The Morgan fingerprint density at radius 3 is 1.87 bits per heavy atom. The van der Waals surface area contributed by atoms with Gasteiger partial charge in [-0.05, 0) is 18.6 Å². The van der Waals surface area contributed by atoms with Crippen LogP contribution in [0.2, 0.25) is 0 Å². The van der Waals surface area contributed by atoms with Gasteiger partial charge < -0.3 is 0 Å². The Labute approximate surface area is 141 Å². The lowest BCUT2D eigenvalue weighted by atomic mass is 10.1. The average molecular weight is 343 g/mol. The highest BCUT2D eigenvalue weighted by atomic mass is 32.2. The van der Waals surface area contributed by atoms with E-state index >= 15 is 0 Å². The average Bonchev–Trinajstić information content (AvgIpc) is 2.56. The molecule has 1 aromatic carbocycles. The number of hydrogen-bond donors (Lipinski definition) is 0. The first-order chi connectivity index (χ1) is 11.2. The van der Waals surface area contributed by atoms with E-state index in [1.54, 1.807) is 18.2 Å². The summed E-state index contributed by atoms with van der Waals surface area (Å²) < 4.78 is 28.1. The van der Waals surface area contributed by atoms with Gasteiger partial charge in [-0.15, -0.1) is 4.33 Å². The molecule has 0 spiro atoms. The highest BCUT2D eigenvalue weighted by Crippen LogP contribution is 2.13. The van der Waals surface area contributed by atoms with Crippen molar-refractivity contribution in [2.75, 3.05) is 6.61 Å². The lowest BCUT2D eigenvalue weighted by Gasteiger charge is -2.05. The van der Waals surface area contributed by atoms with Crippen LogP contribution in [0.5, 0.6) is 0 Å². The molecule has 23 heavy (non-hydrogen) atoms. The summed E-state index contributed by atoms with van der Waals surface area (Å²) in [6.45, 7) is 2.54. The quantitative estimate of drug-likeness (QED) is 0.263. The first-order valence-corrected chi connectivity index (χ1v) is 10.2. The maximum absolute atomic E-state index is 11.8. The van der Waals surface area contributed by atoms with E-state index in [9.17, 15) is 8.42 Å². The van der Waals surface area contributed by atoms with Crippen LogP contribution in [0.1, 0.15) is 71.1 Å². The van der Waals surface area contributed by atoms with Crippen LogP contribution in [-0.4, -0.2) is 15.0 Å². The molecule has 0 aliphatic carbocycles. The second-order valence-corrected chi connectivity index (χ2v) is 7.35. The van der Waals surface area contributed by atoms with Gasteiger partial charge in [0.25, 0.3) is 0 Å². The summed E-state index contributed by atoms with van der Waals surface area (Å²) >= 11 is 0. The Morgan fingerprint density at radius 2 is 1.30 bits per heavy atom. The van der Waals surface area contributed by atoms with Crippen molar-refractivity contribution in [3.05, 3.63) is 30.3 Å². The molecule has 0 atom stereocenters. The molecule has 0 aliphatic heterocycles. The predicted molar refractivity (Wildman–Crippen MR) is 92.5 cm³/mol. The van der Waals surface area contributed by atoms with E-state index in [2.05, 4.69) is 11.3 Å². The minimum absolute atomic E-state index is 0.114. The van der Waals surface area contributed by atoms with Crippen molar-refractivity contribution in [3.63, 3.8) is 0 Å². The molecule has 1 aromatic rings. The molecule has 5 heteroatoms. The fourth-order valence-corrected chi connectivity index (χ4v) is 3.14. The highest BCUT2D eigenvalue weighted by molar-refractivity contribution is 7.86. The number of hydrogen-bond acceptors (Lipinski definition) is 4. The van der Waals surface area contributed by atoms with E-state index in [0.717, 1.165) is 12.8 Å². The normalized spacial score (nSPS) is 11.7. The van der Waals surface area contributed by atoms with Gasteiger partial charge in [-0.2, -0.15) is 8.42 Å². The molecule has 0 unspecified atom stereocenters. The first-order valence-electron chi connectivity index (χ1n) is 8.78. The molecule has 0 aliphatic rings. The monoisotopic (exact) mass is 342 g/mol. The molecular weight excluding hydrogens is 312 g/mol. The summed E-state index contributed by atoms with van der Waals surface area (Å²) in [6, 6.07) is 8.03. The Hall–Kier alpha value is -0.910. The molecule has 1 rings (SSSR count). The molecule has 0 N–H and O–H groups in total. The van der Waals surface area contributed by atoms with E-state index in [-0.39, 0.29) is 4.90 Å². The van der Waals surface area contributed by atoms with Crippen LogP contribution in [0.15, 0.2) is 35.2 Å². The van der Waals surface area contributed by atoms with Crippen molar-refractivity contribution in [2.24, 2.45) is 0 Å². The summed E-state index contributed by atoms with van der Waals surface area (Å²) in [4.78, 5) is 4.95. The maximum atomic E-state index is 11.8. The third kappa shape index (κ3) is 9.74.